The molecular weight excluding hydrogens is 639 g/mol. The Labute approximate surface area is 307 Å². The van der Waals surface area contributed by atoms with Gasteiger partial charge >= 0.3 is 0 Å². The van der Waals surface area contributed by atoms with Crippen molar-refractivity contribution in [2.75, 3.05) is 0 Å². The molecule has 0 amide bonds. The van der Waals surface area contributed by atoms with Crippen LogP contribution in [0, 0.1) is 0 Å². The number of fused-ring (bicyclic) bond motifs is 8. The fourth-order valence-electron chi connectivity index (χ4n) is 8.82. The molecule has 0 saturated carbocycles. The summed E-state index contributed by atoms with van der Waals surface area (Å²) < 4.78 is 2.46. The molecule has 246 valence electrons. The van der Waals surface area contributed by atoms with Crippen molar-refractivity contribution in [3.05, 3.63) is 200 Å². The molecule has 0 atom stereocenters. The number of aromatic nitrogens is 1. The maximum absolute atomic E-state index is 2.46. The number of nitrogens with zero attached hydrogens (tertiary/aromatic N) is 1. The fourth-order valence-corrected chi connectivity index (χ4v) is 8.82. The minimum Gasteiger partial charge on any atom is -0.309 e. The van der Waals surface area contributed by atoms with E-state index in [1.54, 1.807) is 0 Å². The minimum atomic E-state index is 1.15. The molecule has 0 radical (unpaired) electrons. The van der Waals surface area contributed by atoms with Crippen molar-refractivity contribution in [3.8, 4) is 39.1 Å². The first-order chi connectivity index (χ1) is 26.3. The van der Waals surface area contributed by atoms with Crippen LogP contribution in [0.1, 0.15) is 0 Å². The van der Waals surface area contributed by atoms with Crippen LogP contribution in [0.3, 0.4) is 0 Å². The summed E-state index contributed by atoms with van der Waals surface area (Å²) in [6, 6.07) is 73.5. The maximum atomic E-state index is 2.46. The first kappa shape index (κ1) is 29.7. The van der Waals surface area contributed by atoms with Crippen molar-refractivity contribution in [1.29, 1.82) is 0 Å². The van der Waals surface area contributed by atoms with Gasteiger partial charge in [-0.05, 0) is 101 Å². The van der Waals surface area contributed by atoms with E-state index in [4.69, 9.17) is 0 Å². The van der Waals surface area contributed by atoms with E-state index in [9.17, 15) is 0 Å². The number of para-hydroxylation sites is 1. The van der Waals surface area contributed by atoms with Gasteiger partial charge in [-0.1, -0.05) is 170 Å². The van der Waals surface area contributed by atoms with Crippen molar-refractivity contribution >= 4 is 64.9 Å². The zero-order valence-corrected chi connectivity index (χ0v) is 29.0. The Morgan fingerprint density at radius 2 is 0.792 bits per heavy atom. The smallest absolute Gasteiger partial charge is 0.0619 e. The molecule has 0 aliphatic carbocycles. The average Bonchev–Trinajstić information content (AvgIpc) is 3.57. The second-order valence-electron chi connectivity index (χ2n) is 14.0. The van der Waals surface area contributed by atoms with Gasteiger partial charge in [0.1, 0.15) is 0 Å². The van der Waals surface area contributed by atoms with Gasteiger partial charge in [-0.15, -0.1) is 0 Å². The SMILES string of the molecule is c1ccc(-c2cc3c4ccccc4n(-c4ccc(-c5c6ccccc6c(-c6ccc7ccccc7c6)c6ccccc56)cc4)c3c3ccccc23)cc1. The van der Waals surface area contributed by atoms with Gasteiger partial charge in [-0.3, -0.25) is 0 Å². The van der Waals surface area contributed by atoms with Gasteiger partial charge in [0.15, 0.2) is 0 Å². The lowest BCUT2D eigenvalue weighted by molar-refractivity contribution is 1.19. The lowest BCUT2D eigenvalue weighted by Gasteiger charge is -2.18. The summed E-state index contributed by atoms with van der Waals surface area (Å²) >= 11 is 0. The predicted molar refractivity (Wildman–Crippen MR) is 227 cm³/mol. The fraction of sp³-hybridized carbons (Fsp3) is 0. The molecule has 1 heteroatoms. The molecule has 1 aromatic heterocycles. The van der Waals surface area contributed by atoms with E-state index in [1.807, 2.05) is 0 Å². The number of hydrogen-bond acceptors (Lipinski definition) is 0. The molecule has 1 nitrogen and oxygen atoms in total. The summed E-state index contributed by atoms with van der Waals surface area (Å²) in [5.74, 6) is 0. The molecular formula is C52H33N. The van der Waals surface area contributed by atoms with Crippen LogP contribution in [0.2, 0.25) is 0 Å². The van der Waals surface area contributed by atoms with E-state index < -0.39 is 0 Å². The van der Waals surface area contributed by atoms with Gasteiger partial charge in [-0.2, -0.15) is 0 Å². The molecule has 0 N–H and O–H groups in total. The lowest BCUT2D eigenvalue weighted by atomic mass is 9.85. The largest absolute Gasteiger partial charge is 0.309 e. The Kier molecular flexibility index (Phi) is 6.62. The Morgan fingerprint density at radius 3 is 1.47 bits per heavy atom. The Hall–Kier alpha value is -6.96. The summed E-state index contributed by atoms with van der Waals surface area (Å²) in [5.41, 5.74) is 11.1. The van der Waals surface area contributed by atoms with Crippen LogP contribution in [0.15, 0.2) is 200 Å². The number of hydrogen-bond donors (Lipinski definition) is 0. The van der Waals surface area contributed by atoms with E-state index in [-0.39, 0.29) is 0 Å². The Morgan fingerprint density at radius 1 is 0.283 bits per heavy atom. The molecule has 0 bridgehead atoms. The third-order valence-corrected chi connectivity index (χ3v) is 11.1. The standard InChI is InChI=1S/C52H33N/c1-2-15-35(16-3-1)47-33-48-41-19-12-13-25-49(41)53(52(48)46-24-11-6-18-40(46)47)39-30-28-36(29-31-39)50-42-20-7-9-22-44(42)51(45-23-10-8-21-43(45)50)38-27-26-34-14-4-5-17-37(34)32-38/h1-33H. The molecule has 0 aliphatic heterocycles. The van der Waals surface area contributed by atoms with Gasteiger partial charge in [0.2, 0.25) is 0 Å². The second kappa shape index (κ2) is 11.8. The number of rotatable bonds is 4. The molecule has 1 heterocycles. The highest BCUT2D eigenvalue weighted by Gasteiger charge is 2.20. The summed E-state index contributed by atoms with van der Waals surface area (Å²) in [4.78, 5) is 0. The van der Waals surface area contributed by atoms with E-state index in [0.717, 1.165) is 5.69 Å². The van der Waals surface area contributed by atoms with E-state index in [0.29, 0.717) is 0 Å². The van der Waals surface area contributed by atoms with Crippen molar-refractivity contribution < 1.29 is 0 Å². The topological polar surface area (TPSA) is 4.93 Å². The summed E-state index contributed by atoms with van der Waals surface area (Å²) in [7, 11) is 0. The summed E-state index contributed by atoms with van der Waals surface area (Å²) in [6.07, 6.45) is 0. The van der Waals surface area contributed by atoms with Gasteiger partial charge in [-0.25, -0.2) is 0 Å². The zero-order valence-electron chi connectivity index (χ0n) is 29.0. The first-order valence-electron chi connectivity index (χ1n) is 18.4. The van der Waals surface area contributed by atoms with E-state index >= 15 is 0 Å². The van der Waals surface area contributed by atoms with Gasteiger partial charge in [0.05, 0.1) is 11.0 Å². The van der Waals surface area contributed by atoms with E-state index in [2.05, 4.69) is 205 Å². The molecule has 10 aromatic carbocycles. The van der Waals surface area contributed by atoms with Crippen LogP contribution in [0.25, 0.3) is 104 Å². The van der Waals surface area contributed by atoms with Crippen molar-refractivity contribution in [2.24, 2.45) is 0 Å². The Bertz CT molecular complexity index is 3150. The maximum Gasteiger partial charge on any atom is 0.0619 e. The highest BCUT2D eigenvalue weighted by atomic mass is 15.0. The Balaban J connectivity index is 1.14. The molecule has 0 aliphatic rings. The molecule has 0 unspecified atom stereocenters. The molecule has 11 rings (SSSR count). The summed E-state index contributed by atoms with van der Waals surface area (Å²) in [6.45, 7) is 0. The first-order valence-corrected chi connectivity index (χ1v) is 18.4. The third kappa shape index (κ3) is 4.58. The summed E-state index contributed by atoms with van der Waals surface area (Å²) in [5, 5.41) is 12.6. The van der Waals surface area contributed by atoms with Crippen LogP contribution in [-0.4, -0.2) is 4.57 Å². The van der Waals surface area contributed by atoms with Gasteiger partial charge < -0.3 is 4.57 Å². The van der Waals surface area contributed by atoms with Crippen molar-refractivity contribution in [1.82, 2.24) is 4.57 Å². The van der Waals surface area contributed by atoms with Crippen LogP contribution < -0.4 is 0 Å². The van der Waals surface area contributed by atoms with Crippen LogP contribution in [0.4, 0.5) is 0 Å². The van der Waals surface area contributed by atoms with Crippen molar-refractivity contribution in [2.45, 2.75) is 0 Å². The average molecular weight is 672 g/mol. The zero-order chi connectivity index (χ0) is 34.9. The molecule has 0 fully saturated rings. The van der Waals surface area contributed by atoms with Gasteiger partial charge in [0, 0.05) is 21.8 Å². The highest BCUT2D eigenvalue weighted by Crippen LogP contribution is 2.45. The third-order valence-electron chi connectivity index (χ3n) is 11.1. The van der Waals surface area contributed by atoms with Crippen LogP contribution in [0.5, 0.6) is 0 Å². The number of benzene rings is 10. The predicted octanol–water partition coefficient (Wildman–Crippen LogP) is 14.4. The van der Waals surface area contributed by atoms with Gasteiger partial charge in [0.25, 0.3) is 0 Å². The quantitative estimate of drug-likeness (QED) is 0.164. The second-order valence-corrected chi connectivity index (χ2v) is 14.0. The normalized spacial score (nSPS) is 11.8. The van der Waals surface area contributed by atoms with Crippen LogP contribution >= 0.6 is 0 Å². The molecule has 0 saturated heterocycles. The lowest BCUT2D eigenvalue weighted by Crippen LogP contribution is -1.96. The molecule has 53 heavy (non-hydrogen) atoms. The minimum absolute atomic E-state index is 1.15. The monoisotopic (exact) mass is 671 g/mol. The molecule has 11 aromatic rings. The molecule has 0 spiro atoms. The highest BCUT2D eigenvalue weighted by molar-refractivity contribution is 6.23. The van der Waals surface area contributed by atoms with E-state index in [1.165, 1.54) is 98.3 Å². The van der Waals surface area contributed by atoms with Crippen molar-refractivity contribution in [3.63, 3.8) is 0 Å². The van der Waals surface area contributed by atoms with Crippen LogP contribution in [-0.2, 0) is 0 Å².